The van der Waals surface area contributed by atoms with Crippen LogP contribution in [0.4, 0.5) is 0 Å². The van der Waals surface area contributed by atoms with E-state index in [4.69, 9.17) is 14.2 Å². The van der Waals surface area contributed by atoms with E-state index < -0.39 is 30.2 Å². The number of carbonyl (C=O) groups excluding carboxylic acids is 4. The Morgan fingerprint density at radius 1 is 1.18 bits per heavy atom. The fraction of sp³-hybridized carbons (Fsp3) is 0.417. The number of cyclic esters (lactones) is 1. The number of Topliss-reactive ketones (excluding diaryl/α,β-unsaturated/α-hetero) is 1. The molecule has 2 heterocycles. The van der Waals surface area contributed by atoms with Crippen molar-refractivity contribution in [3.8, 4) is 0 Å². The summed E-state index contributed by atoms with van der Waals surface area (Å²) in [4.78, 5) is 47.4. The number of rotatable bonds is 9. The Hall–Kier alpha value is -3.30. The van der Waals surface area contributed by atoms with Crippen molar-refractivity contribution < 1.29 is 33.4 Å². The number of nitrogens with one attached hydrogen (secondary N) is 2. The van der Waals surface area contributed by atoms with Gasteiger partial charge in [0.1, 0.15) is 6.10 Å². The van der Waals surface area contributed by atoms with Gasteiger partial charge in [-0.3, -0.25) is 9.59 Å². The molecule has 0 saturated heterocycles. The van der Waals surface area contributed by atoms with Crippen LogP contribution in [0.25, 0.3) is 11.1 Å². The molecule has 0 aliphatic carbocycles. The first-order chi connectivity index (χ1) is 15.8. The van der Waals surface area contributed by atoms with E-state index in [1.807, 2.05) is 30.3 Å². The van der Waals surface area contributed by atoms with Crippen LogP contribution in [0, 0.1) is 0 Å². The minimum atomic E-state index is -0.727. The topological polar surface area (TPSA) is 120 Å². The molecule has 2 aliphatic rings. The molecule has 1 aromatic carbocycles. The van der Waals surface area contributed by atoms with Gasteiger partial charge in [-0.2, -0.15) is 0 Å². The molecule has 0 fully saturated rings. The van der Waals surface area contributed by atoms with Gasteiger partial charge in [0.15, 0.2) is 18.5 Å². The smallest absolute Gasteiger partial charge is 0.339 e. The van der Waals surface area contributed by atoms with E-state index >= 15 is 0 Å². The van der Waals surface area contributed by atoms with Crippen molar-refractivity contribution in [2.24, 2.45) is 0 Å². The maximum atomic E-state index is 12.5. The number of benzene rings is 1. The zero-order chi connectivity index (χ0) is 24.0. The average Bonchev–Trinajstić information content (AvgIpc) is 3.21. The summed E-state index contributed by atoms with van der Waals surface area (Å²) in [5.41, 5.74) is 3.10. The summed E-state index contributed by atoms with van der Waals surface area (Å²) < 4.78 is 15.2. The highest BCUT2D eigenvalue weighted by Gasteiger charge is 2.27. The Labute approximate surface area is 192 Å². The van der Waals surface area contributed by atoms with Crippen LogP contribution < -0.4 is 10.6 Å². The molecule has 3 rings (SSSR count). The van der Waals surface area contributed by atoms with Crippen molar-refractivity contribution in [1.29, 1.82) is 0 Å². The second kappa shape index (κ2) is 11.0. The summed E-state index contributed by atoms with van der Waals surface area (Å²) in [5, 5.41) is 5.76. The van der Waals surface area contributed by atoms with Gasteiger partial charge in [-0.1, -0.05) is 30.3 Å². The van der Waals surface area contributed by atoms with E-state index in [2.05, 4.69) is 10.6 Å². The van der Waals surface area contributed by atoms with Gasteiger partial charge in [0, 0.05) is 20.6 Å². The van der Waals surface area contributed by atoms with Gasteiger partial charge in [-0.05, 0) is 36.1 Å². The number of ether oxygens (including phenoxy) is 3. The third-order valence-electron chi connectivity index (χ3n) is 5.47. The Bertz CT molecular complexity index is 981. The van der Waals surface area contributed by atoms with Crippen LogP contribution in [0.3, 0.4) is 0 Å². The zero-order valence-electron chi connectivity index (χ0n) is 18.9. The van der Waals surface area contributed by atoms with Crippen LogP contribution in [0.15, 0.2) is 36.4 Å². The molecule has 2 unspecified atom stereocenters. The maximum absolute atomic E-state index is 12.5. The summed E-state index contributed by atoms with van der Waals surface area (Å²) >= 11 is 0. The molecule has 176 valence electrons. The molecule has 0 saturated carbocycles. The summed E-state index contributed by atoms with van der Waals surface area (Å²) in [5.74, 6) is -1.45. The fourth-order valence-electron chi connectivity index (χ4n) is 3.51. The van der Waals surface area contributed by atoms with Gasteiger partial charge in [0.2, 0.25) is 5.91 Å². The van der Waals surface area contributed by atoms with Crippen LogP contribution in [0.5, 0.6) is 0 Å². The van der Waals surface area contributed by atoms with E-state index in [1.165, 1.54) is 14.0 Å². The standard InChI is InChI=1S/C24H28N2O7/c1-14(31-3)23(29)32-13-22(28)21-10-18(8-9-25-21)16-4-6-17(7-5-16)20-11-19(33-24(20)30)12-26-15(2)27/h4-7,10-11,14,19,21,25H,8-9,12-13H2,1-3H3,(H,26,27)/t14?,19-,21?/m1/s1. The second-order valence-electron chi connectivity index (χ2n) is 7.86. The van der Waals surface area contributed by atoms with Crippen molar-refractivity contribution in [1.82, 2.24) is 10.6 Å². The number of esters is 2. The monoisotopic (exact) mass is 456 g/mol. The van der Waals surface area contributed by atoms with Gasteiger partial charge < -0.3 is 24.8 Å². The van der Waals surface area contributed by atoms with E-state index in [0.29, 0.717) is 12.1 Å². The molecular weight excluding hydrogens is 428 g/mol. The molecule has 2 N–H and O–H groups in total. The summed E-state index contributed by atoms with van der Waals surface area (Å²) in [7, 11) is 1.40. The molecule has 1 amide bonds. The normalized spacial score (nSPS) is 20.9. The number of methoxy groups -OCH3 is 1. The molecule has 3 atom stereocenters. The van der Waals surface area contributed by atoms with Gasteiger partial charge in [0.25, 0.3) is 0 Å². The highest BCUT2D eigenvalue weighted by molar-refractivity contribution is 6.18. The average molecular weight is 456 g/mol. The molecule has 9 nitrogen and oxygen atoms in total. The lowest BCUT2D eigenvalue weighted by Gasteiger charge is -2.22. The highest BCUT2D eigenvalue weighted by Crippen LogP contribution is 2.27. The van der Waals surface area contributed by atoms with E-state index in [-0.39, 0.29) is 24.8 Å². The fourth-order valence-corrected chi connectivity index (χ4v) is 3.51. The molecule has 0 spiro atoms. The quantitative estimate of drug-likeness (QED) is 0.529. The molecule has 0 bridgehead atoms. The van der Waals surface area contributed by atoms with E-state index in [1.54, 1.807) is 13.0 Å². The van der Waals surface area contributed by atoms with Gasteiger partial charge >= 0.3 is 11.9 Å². The maximum Gasteiger partial charge on any atom is 0.339 e. The van der Waals surface area contributed by atoms with Gasteiger partial charge in [-0.15, -0.1) is 0 Å². The first kappa shape index (κ1) is 24.3. The number of ketones is 1. The van der Waals surface area contributed by atoms with Crippen molar-refractivity contribution in [2.45, 2.75) is 38.5 Å². The molecule has 33 heavy (non-hydrogen) atoms. The minimum Gasteiger partial charge on any atom is -0.456 e. The third-order valence-corrected chi connectivity index (χ3v) is 5.47. The Morgan fingerprint density at radius 3 is 2.55 bits per heavy atom. The molecular formula is C24H28N2O7. The molecule has 9 heteroatoms. The van der Waals surface area contributed by atoms with Gasteiger partial charge in [-0.25, -0.2) is 9.59 Å². The van der Waals surface area contributed by atoms with Gasteiger partial charge in [0.05, 0.1) is 18.2 Å². The Kier molecular flexibility index (Phi) is 8.13. The lowest BCUT2D eigenvalue weighted by atomic mass is 9.94. The van der Waals surface area contributed by atoms with E-state index in [0.717, 1.165) is 23.1 Å². The lowest BCUT2D eigenvalue weighted by Crippen LogP contribution is -2.41. The summed E-state index contributed by atoms with van der Waals surface area (Å²) in [6.07, 6.45) is 3.05. The number of hydrogen-bond acceptors (Lipinski definition) is 8. The largest absolute Gasteiger partial charge is 0.456 e. The van der Waals surface area contributed by atoms with Crippen LogP contribution in [0.2, 0.25) is 0 Å². The third kappa shape index (κ3) is 6.36. The van der Waals surface area contributed by atoms with Crippen LogP contribution in [-0.2, 0) is 33.4 Å². The summed E-state index contributed by atoms with van der Waals surface area (Å²) in [6, 6.07) is 6.89. The van der Waals surface area contributed by atoms with Crippen molar-refractivity contribution >= 4 is 34.8 Å². The number of carbonyl (C=O) groups is 4. The Balaban J connectivity index is 1.65. The SMILES string of the molecule is COC(C)C(=O)OCC(=O)C1C=C(c2ccc(C3=C[C@H](CNC(C)=O)OC3=O)cc2)CCN1. The highest BCUT2D eigenvalue weighted by atomic mass is 16.6. The van der Waals surface area contributed by atoms with Crippen LogP contribution >= 0.6 is 0 Å². The van der Waals surface area contributed by atoms with Crippen molar-refractivity contribution in [2.75, 3.05) is 26.8 Å². The van der Waals surface area contributed by atoms with Crippen molar-refractivity contribution in [3.05, 3.63) is 47.5 Å². The predicted molar refractivity (Wildman–Crippen MR) is 120 cm³/mol. The molecule has 1 aromatic rings. The lowest BCUT2D eigenvalue weighted by molar-refractivity contribution is -0.157. The van der Waals surface area contributed by atoms with Crippen LogP contribution in [0.1, 0.15) is 31.4 Å². The molecule has 0 aromatic heterocycles. The molecule has 0 radical (unpaired) electrons. The second-order valence-corrected chi connectivity index (χ2v) is 7.86. The minimum absolute atomic E-state index is 0.188. The zero-order valence-corrected chi connectivity index (χ0v) is 18.9. The first-order valence-corrected chi connectivity index (χ1v) is 10.7. The molecule has 2 aliphatic heterocycles. The van der Waals surface area contributed by atoms with Crippen LogP contribution in [-0.4, -0.2) is 68.7 Å². The summed E-state index contributed by atoms with van der Waals surface area (Å²) in [6.45, 7) is 3.47. The number of amides is 1. The van der Waals surface area contributed by atoms with E-state index in [9.17, 15) is 19.2 Å². The Morgan fingerprint density at radius 2 is 1.88 bits per heavy atom. The van der Waals surface area contributed by atoms with Crippen molar-refractivity contribution in [3.63, 3.8) is 0 Å². The predicted octanol–water partition coefficient (Wildman–Crippen LogP) is 1.02. The first-order valence-electron chi connectivity index (χ1n) is 10.7. The number of hydrogen-bond donors (Lipinski definition) is 2.